The molecule has 1 aliphatic rings. The molecule has 2 rings (SSSR count). The molecule has 0 spiro atoms. The van der Waals surface area contributed by atoms with E-state index in [-0.39, 0.29) is 6.61 Å². The first-order valence-electron chi connectivity index (χ1n) is 6.08. The summed E-state index contributed by atoms with van der Waals surface area (Å²) in [6.45, 7) is 0.120. The van der Waals surface area contributed by atoms with Gasteiger partial charge < -0.3 is 30.3 Å². The van der Waals surface area contributed by atoms with Gasteiger partial charge >= 0.3 is 0 Å². The third kappa shape index (κ3) is 2.94. The minimum Gasteiger partial charge on any atom is -0.387 e. The Labute approximate surface area is 110 Å². The van der Waals surface area contributed by atoms with E-state index in [1.807, 2.05) is 30.3 Å². The largest absolute Gasteiger partial charge is 0.387 e. The number of aliphatic hydroxyl groups excluding tert-OH is 5. The monoisotopic (exact) mass is 270 g/mol. The second kappa shape index (κ2) is 5.96. The SMILES string of the molecule is OC1[C@@H](O)[C@H](O)C(OCc2ccccc2)[C@H](O)[C@@H]1O. The number of hydrogen-bond acceptors (Lipinski definition) is 6. The zero-order valence-electron chi connectivity index (χ0n) is 10.2. The van der Waals surface area contributed by atoms with Crippen LogP contribution in [0.5, 0.6) is 0 Å². The molecule has 6 heteroatoms. The first-order chi connectivity index (χ1) is 9.02. The first kappa shape index (κ1) is 14.4. The number of hydrogen-bond donors (Lipinski definition) is 5. The summed E-state index contributed by atoms with van der Waals surface area (Å²) >= 11 is 0. The lowest BCUT2D eigenvalue weighted by Crippen LogP contribution is -2.64. The van der Waals surface area contributed by atoms with Gasteiger partial charge in [0.05, 0.1) is 6.61 Å². The van der Waals surface area contributed by atoms with Crippen molar-refractivity contribution in [2.24, 2.45) is 0 Å². The highest BCUT2D eigenvalue weighted by Gasteiger charge is 2.48. The molecular formula is C13H18O6. The Bertz CT molecular complexity index is 381. The lowest BCUT2D eigenvalue weighted by molar-refractivity contribution is -0.237. The quantitative estimate of drug-likeness (QED) is 0.452. The average molecular weight is 270 g/mol. The normalized spacial score (nSPS) is 39.2. The fraction of sp³-hybridized carbons (Fsp3) is 0.538. The van der Waals surface area contributed by atoms with Crippen molar-refractivity contribution in [2.45, 2.75) is 43.2 Å². The first-order valence-corrected chi connectivity index (χ1v) is 6.08. The van der Waals surface area contributed by atoms with Gasteiger partial charge in [0, 0.05) is 0 Å². The van der Waals surface area contributed by atoms with Gasteiger partial charge in [0.25, 0.3) is 0 Å². The Morgan fingerprint density at radius 3 is 1.74 bits per heavy atom. The third-order valence-corrected chi connectivity index (χ3v) is 3.36. The Kier molecular flexibility index (Phi) is 4.51. The number of rotatable bonds is 3. The summed E-state index contributed by atoms with van der Waals surface area (Å²) < 4.78 is 5.35. The van der Waals surface area contributed by atoms with Crippen molar-refractivity contribution in [1.29, 1.82) is 0 Å². The minimum absolute atomic E-state index is 0.120. The summed E-state index contributed by atoms with van der Waals surface area (Å²) in [5, 5.41) is 48.1. The van der Waals surface area contributed by atoms with Gasteiger partial charge in [-0.05, 0) is 5.56 Å². The van der Waals surface area contributed by atoms with Crippen LogP contribution >= 0.6 is 0 Å². The molecule has 0 radical (unpaired) electrons. The molecule has 0 aliphatic heterocycles. The van der Waals surface area contributed by atoms with E-state index >= 15 is 0 Å². The van der Waals surface area contributed by atoms with E-state index in [4.69, 9.17) is 4.74 Å². The fourth-order valence-electron chi connectivity index (χ4n) is 2.16. The Morgan fingerprint density at radius 2 is 1.21 bits per heavy atom. The molecule has 0 saturated heterocycles. The van der Waals surface area contributed by atoms with Crippen molar-refractivity contribution < 1.29 is 30.3 Å². The molecule has 1 fully saturated rings. The van der Waals surface area contributed by atoms with Gasteiger partial charge in [-0.15, -0.1) is 0 Å². The third-order valence-electron chi connectivity index (χ3n) is 3.36. The Morgan fingerprint density at radius 1 is 0.737 bits per heavy atom. The molecule has 0 bridgehead atoms. The van der Waals surface area contributed by atoms with Gasteiger partial charge in [-0.25, -0.2) is 0 Å². The lowest BCUT2D eigenvalue weighted by atomic mass is 9.85. The molecule has 2 unspecified atom stereocenters. The van der Waals surface area contributed by atoms with E-state index in [0.29, 0.717) is 0 Å². The molecule has 1 aromatic rings. The summed E-state index contributed by atoms with van der Waals surface area (Å²) in [4.78, 5) is 0. The van der Waals surface area contributed by atoms with E-state index in [1.54, 1.807) is 0 Å². The summed E-state index contributed by atoms with van der Waals surface area (Å²) in [6, 6.07) is 9.10. The van der Waals surface area contributed by atoms with E-state index in [2.05, 4.69) is 0 Å². The van der Waals surface area contributed by atoms with Gasteiger partial charge in [-0.2, -0.15) is 0 Å². The molecule has 106 valence electrons. The van der Waals surface area contributed by atoms with Gasteiger partial charge in [-0.1, -0.05) is 30.3 Å². The maximum Gasteiger partial charge on any atom is 0.115 e. The molecule has 6 nitrogen and oxygen atoms in total. The molecule has 6 atom stereocenters. The van der Waals surface area contributed by atoms with Crippen molar-refractivity contribution in [3.63, 3.8) is 0 Å². The molecule has 1 aromatic carbocycles. The Hall–Kier alpha value is -1.02. The number of aliphatic hydroxyl groups is 5. The van der Waals surface area contributed by atoms with E-state index in [1.165, 1.54) is 0 Å². The van der Waals surface area contributed by atoms with Crippen LogP contribution in [0, 0.1) is 0 Å². The molecule has 0 aromatic heterocycles. The van der Waals surface area contributed by atoms with Crippen LogP contribution in [0.1, 0.15) is 5.56 Å². The van der Waals surface area contributed by atoms with Crippen LogP contribution in [0.15, 0.2) is 30.3 Å². The summed E-state index contributed by atoms with van der Waals surface area (Å²) in [5.41, 5.74) is 0.831. The smallest absolute Gasteiger partial charge is 0.115 e. The van der Waals surface area contributed by atoms with Crippen molar-refractivity contribution >= 4 is 0 Å². The highest BCUT2D eigenvalue weighted by Crippen LogP contribution is 2.24. The van der Waals surface area contributed by atoms with Gasteiger partial charge in [0.15, 0.2) is 0 Å². The van der Waals surface area contributed by atoms with Crippen LogP contribution < -0.4 is 0 Å². The van der Waals surface area contributed by atoms with Gasteiger partial charge in [0.2, 0.25) is 0 Å². The van der Waals surface area contributed by atoms with Crippen LogP contribution in [-0.2, 0) is 11.3 Å². The summed E-state index contributed by atoms with van der Waals surface area (Å²) in [5.74, 6) is 0. The molecule has 1 aliphatic carbocycles. The van der Waals surface area contributed by atoms with E-state index in [9.17, 15) is 25.5 Å². The molecule has 1 saturated carbocycles. The predicted molar refractivity (Wildman–Crippen MR) is 65.1 cm³/mol. The lowest BCUT2D eigenvalue weighted by Gasteiger charge is -2.41. The Balaban J connectivity index is 2.02. The molecule has 19 heavy (non-hydrogen) atoms. The van der Waals surface area contributed by atoms with Crippen molar-refractivity contribution in [2.75, 3.05) is 0 Å². The van der Waals surface area contributed by atoms with Crippen molar-refractivity contribution in [1.82, 2.24) is 0 Å². The number of ether oxygens (including phenoxy) is 1. The average Bonchev–Trinajstić information content (AvgIpc) is 2.44. The van der Waals surface area contributed by atoms with Crippen LogP contribution in [0.4, 0.5) is 0 Å². The summed E-state index contributed by atoms with van der Waals surface area (Å²) in [6.07, 6.45) is -8.79. The molecule has 5 N–H and O–H groups in total. The van der Waals surface area contributed by atoms with Crippen molar-refractivity contribution in [3.8, 4) is 0 Å². The van der Waals surface area contributed by atoms with Crippen molar-refractivity contribution in [3.05, 3.63) is 35.9 Å². The standard InChI is InChI=1S/C13H18O6/c14-8-9(15)11(17)13(12(18)10(8)16)19-6-7-4-2-1-3-5-7/h1-5,8-18H,6H2/t8?,9-,10-,11-,12+,13?/m1/s1. The second-order valence-corrected chi connectivity index (χ2v) is 4.71. The highest BCUT2D eigenvalue weighted by molar-refractivity contribution is 5.13. The van der Waals surface area contributed by atoms with Crippen LogP contribution in [-0.4, -0.2) is 62.2 Å². The van der Waals surface area contributed by atoms with Gasteiger partial charge in [0.1, 0.15) is 36.6 Å². The molecular weight excluding hydrogens is 252 g/mol. The van der Waals surface area contributed by atoms with Crippen LogP contribution in [0.2, 0.25) is 0 Å². The van der Waals surface area contributed by atoms with Crippen LogP contribution in [0.3, 0.4) is 0 Å². The number of benzene rings is 1. The maximum absolute atomic E-state index is 9.77. The van der Waals surface area contributed by atoms with Gasteiger partial charge in [-0.3, -0.25) is 0 Å². The van der Waals surface area contributed by atoms with E-state index in [0.717, 1.165) is 5.56 Å². The summed E-state index contributed by atoms with van der Waals surface area (Å²) in [7, 11) is 0. The second-order valence-electron chi connectivity index (χ2n) is 4.71. The minimum atomic E-state index is -1.60. The van der Waals surface area contributed by atoms with Crippen LogP contribution in [0.25, 0.3) is 0 Å². The fourth-order valence-corrected chi connectivity index (χ4v) is 2.16. The zero-order valence-corrected chi connectivity index (χ0v) is 10.2. The zero-order chi connectivity index (χ0) is 14.0. The highest BCUT2D eigenvalue weighted by atomic mass is 16.5. The van der Waals surface area contributed by atoms with E-state index < -0.39 is 36.6 Å². The topological polar surface area (TPSA) is 110 Å². The molecule has 0 heterocycles. The molecule has 0 amide bonds. The predicted octanol–water partition coefficient (Wildman–Crippen LogP) is -1.61. The maximum atomic E-state index is 9.77.